The van der Waals surface area contributed by atoms with Crippen molar-refractivity contribution in [2.45, 2.75) is 19.6 Å². The van der Waals surface area contributed by atoms with E-state index in [-0.39, 0.29) is 23.9 Å². The second-order valence-corrected chi connectivity index (χ2v) is 8.09. The topological polar surface area (TPSA) is 105 Å². The van der Waals surface area contributed by atoms with E-state index in [4.69, 9.17) is 4.74 Å². The molecule has 3 aromatic rings. The van der Waals surface area contributed by atoms with E-state index in [1.807, 2.05) is 43.3 Å². The molecule has 0 radical (unpaired) electrons. The lowest BCUT2D eigenvalue weighted by Gasteiger charge is -2.14. The van der Waals surface area contributed by atoms with Crippen molar-refractivity contribution in [1.82, 2.24) is 5.32 Å². The molecule has 0 unspecified atom stereocenters. The maximum Gasteiger partial charge on any atom is 0.269 e. The van der Waals surface area contributed by atoms with Crippen LogP contribution in [-0.2, 0) is 11.4 Å². The van der Waals surface area contributed by atoms with E-state index in [1.54, 1.807) is 30.3 Å². The van der Waals surface area contributed by atoms with Crippen LogP contribution in [0.3, 0.4) is 0 Å². The fraction of sp³-hybridized carbons (Fsp3) is 0.120. The first-order chi connectivity index (χ1) is 15.9. The number of hydrogen-bond donors (Lipinski definition) is 1. The minimum Gasteiger partial charge on any atom is -0.488 e. The molecule has 0 heterocycles. The van der Waals surface area contributed by atoms with Gasteiger partial charge in [-0.3, -0.25) is 14.9 Å². The Kier molecular flexibility index (Phi) is 7.95. The molecule has 0 fully saturated rings. The molecular weight excluding hydrogens is 486 g/mol. The van der Waals surface area contributed by atoms with Crippen molar-refractivity contribution in [2.24, 2.45) is 0 Å². The number of carbonyl (C=O) groups is 1. The number of non-ortho nitro benzene ring substituents is 1. The SMILES string of the molecule is C[C@@H](NC(=O)/C(C#N)=C\c1cc(Br)ccc1OCc1cccc([N+](=O)[O-])c1)c1ccccc1. The van der Waals surface area contributed by atoms with Gasteiger partial charge in [0, 0.05) is 22.2 Å². The molecule has 0 aliphatic rings. The maximum absolute atomic E-state index is 12.7. The summed E-state index contributed by atoms with van der Waals surface area (Å²) in [7, 11) is 0. The van der Waals surface area contributed by atoms with Crippen molar-refractivity contribution in [3.63, 3.8) is 0 Å². The zero-order chi connectivity index (χ0) is 23.8. The van der Waals surface area contributed by atoms with Crippen LogP contribution in [-0.4, -0.2) is 10.8 Å². The molecule has 0 saturated carbocycles. The number of nitriles is 1. The average molecular weight is 506 g/mol. The standard InChI is InChI=1S/C25H20BrN3O4/c1-17(19-7-3-2-4-8-19)28-25(30)21(15-27)13-20-14-22(26)10-11-24(20)33-16-18-6-5-9-23(12-18)29(31)32/h2-14,17H,16H2,1H3,(H,28,30)/b21-13-/t17-/m1/s1. The summed E-state index contributed by atoms with van der Waals surface area (Å²) in [5.41, 5.74) is 1.97. The number of benzene rings is 3. The molecule has 3 rings (SSSR count). The third kappa shape index (κ3) is 6.51. The first-order valence-electron chi connectivity index (χ1n) is 10.0. The van der Waals surface area contributed by atoms with Crippen molar-refractivity contribution in [2.75, 3.05) is 0 Å². The van der Waals surface area contributed by atoms with Crippen LogP contribution in [0.1, 0.15) is 29.7 Å². The third-order valence-corrected chi connectivity index (χ3v) is 5.29. The summed E-state index contributed by atoms with van der Waals surface area (Å²) >= 11 is 3.39. The zero-order valence-electron chi connectivity index (χ0n) is 17.7. The van der Waals surface area contributed by atoms with E-state index in [1.165, 1.54) is 18.2 Å². The predicted octanol–water partition coefficient (Wildman–Crippen LogP) is 5.72. The van der Waals surface area contributed by atoms with Crippen LogP contribution in [0, 0.1) is 21.4 Å². The molecule has 1 amide bonds. The van der Waals surface area contributed by atoms with Gasteiger partial charge in [0.2, 0.25) is 0 Å². The number of nitro groups is 1. The normalized spacial score (nSPS) is 11.8. The quantitative estimate of drug-likeness (QED) is 0.182. The molecule has 8 heteroatoms. The Bertz CT molecular complexity index is 1240. The molecule has 0 aliphatic heterocycles. The Labute approximate surface area is 199 Å². The van der Waals surface area contributed by atoms with Crippen LogP contribution in [0.5, 0.6) is 5.75 Å². The highest BCUT2D eigenvalue weighted by Crippen LogP contribution is 2.27. The molecule has 0 saturated heterocycles. The summed E-state index contributed by atoms with van der Waals surface area (Å²) in [5.74, 6) is -0.0696. The summed E-state index contributed by atoms with van der Waals surface area (Å²) in [4.78, 5) is 23.2. The Morgan fingerprint density at radius 1 is 1.18 bits per heavy atom. The molecule has 1 atom stereocenters. The fourth-order valence-electron chi connectivity index (χ4n) is 3.09. The van der Waals surface area contributed by atoms with Crippen molar-refractivity contribution in [3.8, 4) is 11.8 Å². The van der Waals surface area contributed by atoms with Crippen LogP contribution in [0.15, 0.2) is 82.8 Å². The molecule has 0 spiro atoms. The minimum absolute atomic E-state index is 0.0250. The van der Waals surface area contributed by atoms with E-state index in [0.717, 1.165) is 10.0 Å². The second-order valence-electron chi connectivity index (χ2n) is 7.17. The van der Waals surface area contributed by atoms with Gasteiger partial charge in [0.1, 0.15) is 24.0 Å². The van der Waals surface area contributed by atoms with Gasteiger partial charge in [0.15, 0.2) is 0 Å². The Morgan fingerprint density at radius 2 is 1.94 bits per heavy atom. The first-order valence-corrected chi connectivity index (χ1v) is 10.8. The summed E-state index contributed by atoms with van der Waals surface area (Å²) in [5, 5.41) is 23.4. The highest BCUT2D eigenvalue weighted by Gasteiger charge is 2.15. The van der Waals surface area contributed by atoms with Crippen LogP contribution < -0.4 is 10.1 Å². The highest BCUT2D eigenvalue weighted by atomic mass is 79.9. The van der Waals surface area contributed by atoms with E-state index >= 15 is 0 Å². The van der Waals surface area contributed by atoms with Gasteiger partial charge in [0.25, 0.3) is 11.6 Å². The van der Waals surface area contributed by atoms with Gasteiger partial charge >= 0.3 is 0 Å². The summed E-state index contributed by atoms with van der Waals surface area (Å²) in [6.07, 6.45) is 1.46. The number of amides is 1. The highest BCUT2D eigenvalue weighted by molar-refractivity contribution is 9.10. The van der Waals surface area contributed by atoms with Gasteiger partial charge in [-0.05, 0) is 42.3 Å². The minimum atomic E-state index is -0.501. The number of ether oxygens (including phenoxy) is 1. The monoisotopic (exact) mass is 505 g/mol. The van der Waals surface area contributed by atoms with Crippen LogP contribution >= 0.6 is 15.9 Å². The number of rotatable bonds is 8. The Hall–Kier alpha value is -3.96. The second kappa shape index (κ2) is 11.1. The van der Waals surface area contributed by atoms with Gasteiger partial charge < -0.3 is 10.1 Å². The summed E-state index contributed by atoms with van der Waals surface area (Å²) in [6, 6.07) is 22.5. The smallest absolute Gasteiger partial charge is 0.269 e. The number of nitrogens with zero attached hydrogens (tertiary/aromatic N) is 2. The number of nitro benzene ring substituents is 1. The van der Waals surface area contributed by atoms with Crippen LogP contribution in [0.4, 0.5) is 5.69 Å². The van der Waals surface area contributed by atoms with Crippen LogP contribution in [0.2, 0.25) is 0 Å². The largest absolute Gasteiger partial charge is 0.488 e. The predicted molar refractivity (Wildman–Crippen MR) is 128 cm³/mol. The number of nitrogens with one attached hydrogen (secondary N) is 1. The van der Waals surface area contributed by atoms with Crippen molar-refractivity contribution >= 4 is 33.6 Å². The molecule has 0 aromatic heterocycles. The molecule has 3 aromatic carbocycles. The van der Waals surface area contributed by atoms with E-state index in [0.29, 0.717) is 16.9 Å². The molecule has 166 valence electrons. The van der Waals surface area contributed by atoms with Crippen LogP contribution in [0.25, 0.3) is 6.08 Å². The molecule has 7 nitrogen and oxygen atoms in total. The van der Waals surface area contributed by atoms with Gasteiger partial charge in [-0.2, -0.15) is 5.26 Å². The lowest BCUT2D eigenvalue weighted by molar-refractivity contribution is -0.384. The lowest BCUT2D eigenvalue weighted by Crippen LogP contribution is -2.27. The van der Waals surface area contributed by atoms with E-state index < -0.39 is 10.8 Å². The van der Waals surface area contributed by atoms with Gasteiger partial charge in [-0.25, -0.2) is 0 Å². The fourth-order valence-corrected chi connectivity index (χ4v) is 3.47. The average Bonchev–Trinajstić information content (AvgIpc) is 2.82. The van der Waals surface area contributed by atoms with Gasteiger partial charge in [-0.1, -0.05) is 58.4 Å². The summed E-state index contributed by atoms with van der Waals surface area (Å²) < 4.78 is 6.60. The van der Waals surface area contributed by atoms with Crippen molar-refractivity contribution < 1.29 is 14.5 Å². The first kappa shape index (κ1) is 23.7. The molecular formula is C25H20BrN3O4. The molecule has 0 bridgehead atoms. The number of carbonyl (C=O) groups excluding carboxylic acids is 1. The van der Waals surface area contributed by atoms with Gasteiger partial charge in [0.05, 0.1) is 11.0 Å². The lowest BCUT2D eigenvalue weighted by atomic mass is 10.1. The third-order valence-electron chi connectivity index (χ3n) is 4.80. The molecule has 0 aliphatic carbocycles. The van der Waals surface area contributed by atoms with Crippen molar-refractivity contribution in [1.29, 1.82) is 5.26 Å². The Morgan fingerprint density at radius 3 is 2.64 bits per heavy atom. The number of halogens is 1. The van der Waals surface area contributed by atoms with E-state index in [2.05, 4.69) is 21.2 Å². The molecule has 1 N–H and O–H groups in total. The maximum atomic E-state index is 12.7. The van der Waals surface area contributed by atoms with Gasteiger partial charge in [-0.15, -0.1) is 0 Å². The number of hydrogen-bond acceptors (Lipinski definition) is 5. The Balaban J connectivity index is 1.80. The van der Waals surface area contributed by atoms with Crippen molar-refractivity contribution in [3.05, 3.63) is 110 Å². The molecule has 33 heavy (non-hydrogen) atoms. The zero-order valence-corrected chi connectivity index (χ0v) is 19.3. The van der Waals surface area contributed by atoms with E-state index in [9.17, 15) is 20.2 Å². The summed E-state index contributed by atoms with van der Waals surface area (Å²) in [6.45, 7) is 1.93.